The Kier molecular flexibility index (Phi) is 6.17. The molecular formula is C12H14BrF2NO3. The number of benzene rings is 1. The Labute approximate surface area is 118 Å². The van der Waals surface area contributed by atoms with Gasteiger partial charge in [0.15, 0.2) is 0 Å². The highest BCUT2D eigenvalue weighted by molar-refractivity contribution is 9.10. The van der Waals surface area contributed by atoms with Crippen LogP contribution in [0.3, 0.4) is 0 Å². The molecule has 0 aliphatic heterocycles. The molecule has 0 saturated carbocycles. The van der Waals surface area contributed by atoms with E-state index in [1.807, 2.05) is 0 Å². The van der Waals surface area contributed by atoms with Crippen LogP contribution < -0.4 is 10.1 Å². The van der Waals surface area contributed by atoms with Gasteiger partial charge in [-0.3, -0.25) is 4.79 Å². The zero-order valence-corrected chi connectivity index (χ0v) is 12.0. The first-order valence-corrected chi connectivity index (χ1v) is 6.27. The number of nitrogens with one attached hydrogen (secondary N) is 1. The van der Waals surface area contributed by atoms with Crippen molar-refractivity contribution >= 4 is 21.9 Å². The molecule has 1 unspecified atom stereocenters. The van der Waals surface area contributed by atoms with E-state index >= 15 is 0 Å². The van der Waals surface area contributed by atoms with Crippen LogP contribution in [0.1, 0.15) is 12.5 Å². The lowest BCUT2D eigenvalue weighted by atomic mass is 10.2. The van der Waals surface area contributed by atoms with Crippen molar-refractivity contribution in [1.29, 1.82) is 0 Å². The van der Waals surface area contributed by atoms with Gasteiger partial charge in [0.2, 0.25) is 0 Å². The van der Waals surface area contributed by atoms with Crippen LogP contribution >= 0.6 is 15.9 Å². The van der Waals surface area contributed by atoms with Gasteiger partial charge in [-0.15, -0.1) is 0 Å². The van der Waals surface area contributed by atoms with E-state index in [0.29, 0.717) is 5.56 Å². The lowest BCUT2D eigenvalue weighted by Gasteiger charge is -2.14. The molecule has 1 N–H and O–H groups in total. The Morgan fingerprint density at radius 1 is 1.47 bits per heavy atom. The Bertz CT molecular complexity index is 443. The third kappa shape index (κ3) is 5.12. The third-order valence-electron chi connectivity index (χ3n) is 2.39. The normalized spacial score (nSPS) is 12.3. The molecule has 7 heteroatoms. The van der Waals surface area contributed by atoms with E-state index in [4.69, 9.17) is 0 Å². The SMILES string of the molecule is COC(=O)C(C)NCc1cc(Br)ccc1OC(F)F. The summed E-state index contributed by atoms with van der Waals surface area (Å²) in [6.07, 6.45) is 0. The number of esters is 1. The van der Waals surface area contributed by atoms with E-state index in [-0.39, 0.29) is 12.3 Å². The molecule has 1 rings (SSSR count). The number of carbonyl (C=O) groups excluding carboxylic acids is 1. The fraction of sp³-hybridized carbons (Fsp3) is 0.417. The molecule has 0 radical (unpaired) electrons. The van der Waals surface area contributed by atoms with Gasteiger partial charge in [-0.25, -0.2) is 0 Å². The van der Waals surface area contributed by atoms with Crippen LogP contribution in [0.4, 0.5) is 8.78 Å². The second kappa shape index (κ2) is 7.40. The van der Waals surface area contributed by atoms with Crippen LogP contribution in [-0.2, 0) is 16.1 Å². The van der Waals surface area contributed by atoms with E-state index in [0.717, 1.165) is 4.47 Å². The van der Waals surface area contributed by atoms with Gasteiger partial charge in [-0.1, -0.05) is 15.9 Å². The lowest BCUT2D eigenvalue weighted by Crippen LogP contribution is -2.34. The number of methoxy groups -OCH3 is 1. The molecule has 19 heavy (non-hydrogen) atoms. The molecule has 4 nitrogen and oxygen atoms in total. The van der Waals surface area contributed by atoms with Crippen LogP contribution in [-0.4, -0.2) is 25.7 Å². The molecule has 0 aromatic heterocycles. The van der Waals surface area contributed by atoms with Crippen LogP contribution in [0, 0.1) is 0 Å². The Balaban J connectivity index is 2.75. The average molecular weight is 338 g/mol. The minimum Gasteiger partial charge on any atom is -0.468 e. The van der Waals surface area contributed by atoms with Gasteiger partial charge in [0, 0.05) is 16.6 Å². The quantitative estimate of drug-likeness (QED) is 0.811. The van der Waals surface area contributed by atoms with Crippen LogP contribution in [0.5, 0.6) is 5.75 Å². The van der Waals surface area contributed by atoms with Crippen molar-refractivity contribution < 1.29 is 23.0 Å². The maximum Gasteiger partial charge on any atom is 0.387 e. The first-order valence-electron chi connectivity index (χ1n) is 5.48. The monoisotopic (exact) mass is 337 g/mol. The van der Waals surface area contributed by atoms with Crippen LogP contribution in [0.2, 0.25) is 0 Å². The number of halogens is 3. The van der Waals surface area contributed by atoms with Crippen molar-refractivity contribution in [2.75, 3.05) is 7.11 Å². The molecular weight excluding hydrogens is 324 g/mol. The Morgan fingerprint density at radius 2 is 2.16 bits per heavy atom. The maximum atomic E-state index is 12.3. The molecule has 0 aliphatic carbocycles. The summed E-state index contributed by atoms with van der Waals surface area (Å²) in [5.41, 5.74) is 0.519. The second-order valence-corrected chi connectivity index (χ2v) is 4.67. The maximum absolute atomic E-state index is 12.3. The minimum atomic E-state index is -2.89. The van der Waals surface area contributed by atoms with Crippen LogP contribution in [0.25, 0.3) is 0 Å². The van der Waals surface area contributed by atoms with Gasteiger partial charge in [0.05, 0.1) is 7.11 Å². The molecule has 0 spiro atoms. The van der Waals surface area contributed by atoms with Gasteiger partial charge < -0.3 is 14.8 Å². The van der Waals surface area contributed by atoms with Crippen molar-refractivity contribution in [3.05, 3.63) is 28.2 Å². The van der Waals surface area contributed by atoms with Crippen molar-refractivity contribution in [3.8, 4) is 5.75 Å². The first-order chi connectivity index (χ1) is 8.93. The smallest absolute Gasteiger partial charge is 0.387 e. The standard InChI is InChI=1S/C12H14BrF2NO3/c1-7(11(17)18-2)16-6-8-5-9(13)3-4-10(8)19-12(14)15/h3-5,7,12,16H,6H2,1-2H3. The Hall–Kier alpha value is -1.21. The number of carbonyl (C=O) groups is 1. The van der Waals surface area contributed by atoms with E-state index < -0.39 is 18.6 Å². The van der Waals surface area contributed by atoms with E-state index in [2.05, 4.69) is 30.7 Å². The molecule has 0 amide bonds. The summed E-state index contributed by atoms with van der Waals surface area (Å²) >= 11 is 3.25. The number of hydrogen-bond acceptors (Lipinski definition) is 4. The minimum absolute atomic E-state index is 0.0720. The molecule has 106 valence electrons. The van der Waals surface area contributed by atoms with Crippen molar-refractivity contribution in [2.24, 2.45) is 0 Å². The van der Waals surface area contributed by atoms with Gasteiger partial charge in [-0.05, 0) is 25.1 Å². The number of ether oxygens (including phenoxy) is 2. The molecule has 0 bridgehead atoms. The first kappa shape index (κ1) is 15.8. The van der Waals surface area contributed by atoms with Gasteiger partial charge in [0.25, 0.3) is 0 Å². The van der Waals surface area contributed by atoms with Crippen LogP contribution in [0.15, 0.2) is 22.7 Å². The highest BCUT2D eigenvalue weighted by atomic mass is 79.9. The summed E-state index contributed by atoms with van der Waals surface area (Å²) in [5.74, 6) is -0.353. The molecule has 1 aromatic carbocycles. The largest absolute Gasteiger partial charge is 0.468 e. The highest BCUT2D eigenvalue weighted by Gasteiger charge is 2.15. The fourth-order valence-corrected chi connectivity index (χ4v) is 1.83. The molecule has 0 fully saturated rings. The zero-order valence-electron chi connectivity index (χ0n) is 10.5. The summed E-state index contributed by atoms with van der Waals surface area (Å²) in [5, 5.41) is 2.87. The molecule has 0 heterocycles. The lowest BCUT2D eigenvalue weighted by molar-refractivity contribution is -0.142. The Morgan fingerprint density at radius 3 is 2.74 bits per heavy atom. The van der Waals surface area contributed by atoms with Gasteiger partial charge >= 0.3 is 12.6 Å². The zero-order chi connectivity index (χ0) is 14.4. The number of hydrogen-bond donors (Lipinski definition) is 1. The highest BCUT2D eigenvalue weighted by Crippen LogP contribution is 2.24. The summed E-state index contributed by atoms with van der Waals surface area (Å²) < 4.78 is 34.2. The van der Waals surface area contributed by atoms with E-state index in [9.17, 15) is 13.6 Å². The summed E-state index contributed by atoms with van der Waals surface area (Å²) in [7, 11) is 1.28. The second-order valence-electron chi connectivity index (χ2n) is 3.76. The number of alkyl halides is 2. The van der Waals surface area contributed by atoms with Crippen molar-refractivity contribution in [1.82, 2.24) is 5.32 Å². The summed E-state index contributed by atoms with van der Waals surface area (Å²) in [6.45, 7) is -1.06. The molecule has 0 aliphatic rings. The summed E-state index contributed by atoms with van der Waals surface area (Å²) in [4.78, 5) is 11.2. The number of rotatable bonds is 6. The van der Waals surface area contributed by atoms with Gasteiger partial charge in [0.1, 0.15) is 11.8 Å². The molecule has 1 aromatic rings. The topological polar surface area (TPSA) is 47.6 Å². The predicted octanol–water partition coefficient (Wildman–Crippen LogP) is 2.70. The van der Waals surface area contributed by atoms with E-state index in [1.165, 1.54) is 13.2 Å². The van der Waals surface area contributed by atoms with Crippen molar-refractivity contribution in [3.63, 3.8) is 0 Å². The summed E-state index contributed by atoms with van der Waals surface area (Å²) in [6, 6.07) is 4.15. The predicted molar refractivity (Wildman–Crippen MR) is 69.1 cm³/mol. The molecule has 1 atom stereocenters. The third-order valence-corrected chi connectivity index (χ3v) is 2.89. The average Bonchev–Trinajstić information content (AvgIpc) is 2.37. The molecule has 0 saturated heterocycles. The van der Waals surface area contributed by atoms with Gasteiger partial charge in [-0.2, -0.15) is 8.78 Å². The fourth-order valence-electron chi connectivity index (χ4n) is 1.42. The van der Waals surface area contributed by atoms with E-state index in [1.54, 1.807) is 19.1 Å². The van der Waals surface area contributed by atoms with Crippen molar-refractivity contribution in [2.45, 2.75) is 26.1 Å².